The molecule has 0 aromatic heterocycles. The zero-order valence-corrected chi connectivity index (χ0v) is 11.5. The number of hydrogen-bond donors (Lipinski definition) is 1. The molecule has 1 fully saturated rings. The van der Waals surface area contributed by atoms with Gasteiger partial charge in [-0.2, -0.15) is 0 Å². The first-order valence-electron chi connectivity index (χ1n) is 6.71. The van der Waals surface area contributed by atoms with E-state index in [0.717, 1.165) is 12.1 Å². The molecule has 1 atom stereocenters. The van der Waals surface area contributed by atoms with Crippen LogP contribution in [0.5, 0.6) is 0 Å². The van der Waals surface area contributed by atoms with Crippen LogP contribution in [0.2, 0.25) is 0 Å². The molecule has 0 aliphatic carbocycles. The fraction of sp³-hybridized carbons (Fsp3) is 0.500. The molecule has 6 heteroatoms. The van der Waals surface area contributed by atoms with E-state index in [4.69, 9.17) is 5.73 Å². The third-order valence-corrected chi connectivity index (χ3v) is 3.73. The Labute approximate surface area is 117 Å². The Morgan fingerprint density at radius 3 is 2.50 bits per heavy atom. The Balaban J connectivity index is 2.01. The summed E-state index contributed by atoms with van der Waals surface area (Å²) >= 11 is 0. The lowest BCUT2D eigenvalue weighted by Crippen LogP contribution is -2.52. The fourth-order valence-electron chi connectivity index (χ4n) is 2.35. The van der Waals surface area contributed by atoms with Crippen molar-refractivity contribution in [3.8, 4) is 0 Å². The van der Waals surface area contributed by atoms with E-state index >= 15 is 0 Å². The summed E-state index contributed by atoms with van der Waals surface area (Å²) in [4.78, 5) is 16.0. The second kappa shape index (κ2) is 6.28. The number of nitrogens with zero attached hydrogens (tertiary/aromatic N) is 2. The molecular formula is C14H19F2N3O. The molecule has 110 valence electrons. The highest BCUT2D eigenvalue weighted by Gasteiger charge is 2.25. The first-order valence-corrected chi connectivity index (χ1v) is 6.71. The maximum Gasteiger partial charge on any atom is 0.256 e. The van der Waals surface area contributed by atoms with Crippen molar-refractivity contribution < 1.29 is 13.6 Å². The van der Waals surface area contributed by atoms with E-state index in [1.54, 1.807) is 4.90 Å². The van der Waals surface area contributed by atoms with E-state index in [0.29, 0.717) is 32.7 Å². The minimum Gasteiger partial charge on any atom is -0.336 e. The molecule has 0 radical (unpaired) electrons. The standard InChI is InChI=1S/C14H19F2N3O/c1-10(9-17)18-4-6-19(7-5-18)14(20)12-3-2-11(15)8-13(12)16/h2-3,8,10H,4-7,9,17H2,1H3. The zero-order valence-electron chi connectivity index (χ0n) is 11.5. The Morgan fingerprint density at radius 2 is 1.95 bits per heavy atom. The van der Waals surface area contributed by atoms with Gasteiger partial charge in [-0.1, -0.05) is 0 Å². The summed E-state index contributed by atoms with van der Waals surface area (Å²) in [6, 6.07) is 3.31. The lowest BCUT2D eigenvalue weighted by Gasteiger charge is -2.37. The van der Waals surface area contributed by atoms with Gasteiger partial charge in [0.25, 0.3) is 5.91 Å². The minimum atomic E-state index is -0.812. The molecular weight excluding hydrogens is 264 g/mol. The van der Waals surface area contributed by atoms with Gasteiger partial charge in [0.15, 0.2) is 0 Å². The number of halogens is 2. The molecule has 1 unspecified atom stereocenters. The van der Waals surface area contributed by atoms with Gasteiger partial charge >= 0.3 is 0 Å². The van der Waals surface area contributed by atoms with E-state index in [1.165, 1.54) is 6.07 Å². The molecule has 1 aliphatic rings. The Hall–Kier alpha value is -1.53. The van der Waals surface area contributed by atoms with Crippen molar-refractivity contribution in [2.45, 2.75) is 13.0 Å². The Kier molecular flexibility index (Phi) is 4.67. The molecule has 1 amide bonds. The van der Waals surface area contributed by atoms with Crippen molar-refractivity contribution >= 4 is 5.91 Å². The molecule has 0 saturated carbocycles. The quantitative estimate of drug-likeness (QED) is 0.903. The molecule has 2 rings (SSSR count). The average molecular weight is 283 g/mol. The van der Waals surface area contributed by atoms with E-state index in [1.807, 2.05) is 6.92 Å². The summed E-state index contributed by atoms with van der Waals surface area (Å²) in [7, 11) is 0. The van der Waals surface area contributed by atoms with E-state index in [2.05, 4.69) is 4.90 Å². The van der Waals surface area contributed by atoms with Gasteiger partial charge in [0.2, 0.25) is 0 Å². The summed E-state index contributed by atoms with van der Waals surface area (Å²) in [5.41, 5.74) is 5.54. The number of piperazine rings is 1. The summed E-state index contributed by atoms with van der Waals surface area (Å²) < 4.78 is 26.4. The Bertz CT molecular complexity index is 487. The van der Waals surface area contributed by atoms with Crippen LogP contribution in [0.3, 0.4) is 0 Å². The molecule has 1 heterocycles. The van der Waals surface area contributed by atoms with Crippen LogP contribution in [-0.4, -0.2) is 54.5 Å². The SMILES string of the molecule is CC(CN)N1CCN(C(=O)c2ccc(F)cc2F)CC1. The van der Waals surface area contributed by atoms with Gasteiger partial charge < -0.3 is 10.6 Å². The van der Waals surface area contributed by atoms with E-state index < -0.39 is 11.6 Å². The van der Waals surface area contributed by atoms with Gasteiger partial charge in [-0.25, -0.2) is 8.78 Å². The largest absolute Gasteiger partial charge is 0.336 e. The van der Waals surface area contributed by atoms with Crippen molar-refractivity contribution in [3.63, 3.8) is 0 Å². The number of nitrogens with two attached hydrogens (primary N) is 1. The van der Waals surface area contributed by atoms with Crippen molar-refractivity contribution in [1.29, 1.82) is 0 Å². The number of rotatable bonds is 3. The molecule has 1 saturated heterocycles. The molecule has 1 aromatic rings. The molecule has 2 N–H and O–H groups in total. The second-order valence-corrected chi connectivity index (χ2v) is 5.04. The average Bonchev–Trinajstić information content (AvgIpc) is 2.46. The lowest BCUT2D eigenvalue weighted by molar-refractivity contribution is 0.0584. The van der Waals surface area contributed by atoms with Crippen LogP contribution in [0, 0.1) is 11.6 Å². The van der Waals surface area contributed by atoms with Crippen molar-refractivity contribution in [2.24, 2.45) is 5.73 Å². The maximum atomic E-state index is 13.6. The molecule has 1 aromatic carbocycles. The number of amides is 1. The maximum absolute atomic E-state index is 13.6. The van der Waals surface area contributed by atoms with E-state index in [-0.39, 0.29) is 17.5 Å². The van der Waals surface area contributed by atoms with Crippen LogP contribution in [0.25, 0.3) is 0 Å². The highest BCUT2D eigenvalue weighted by Crippen LogP contribution is 2.14. The molecule has 20 heavy (non-hydrogen) atoms. The lowest BCUT2D eigenvalue weighted by atomic mass is 10.1. The van der Waals surface area contributed by atoms with Crippen molar-refractivity contribution in [2.75, 3.05) is 32.7 Å². The van der Waals surface area contributed by atoms with Crippen molar-refractivity contribution in [1.82, 2.24) is 9.80 Å². The first kappa shape index (κ1) is 14.9. The highest BCUT2D eigenvalue weighted by atomic mass is 19.1. The molecule has 1 aliphatic heterocycles. The van der Waals surface area contributed by atoms with E-state index in [9.17, 15) is 13.6 Å². The highest BCUT2D eigenvalue weighted by molar-refractivity contribution is 5.94. The normalized spacial score (nSPS) is 18.1. The zero-order chi connectivity index (χ0) is 14.7. The number of carbonyl (C=O) groups is 1. The van der Waals surface area contributed by atoms with Gasteiger partial charge in [0, 0.05) is 44.8 Å². The topological polar surface area (TPSA) is 49.6 Å². The van der Waals surface area contributed by atoms with Gasteiger partial charge in [0.1, 0.15) is 11.6 Å². The van der Waals surface area contributed by atoms with Crippen LogP contribution in [0.15, 0.2) is 18.2 Å². The first-order chi connectivity index (χ1) is 9.52. The van der Waals surface area contributed by atoms with Gasteiger partial charge in [-0.05, 0) is 19.1 Å². The van der Waals surface area contributed by atoms with Crippen LogP contribution >= 0.6 is 0 Å². The summed E-state index contributed by atoms with van der Waals surface area (Å²) in [5.74, 6) is -1.88. The predicted octanol–water partition coefficient (Wildman–Crippen LogP) is 1.07. The second-order valence-electron chi connectivity index (χ2n) is 5.04. The minimum absolute atomic E-state index is 0.0771. The number of carbonyl (C=O) groups excluding carboxylic acids is 1. The summed E-state index contributed by atoms with van der Waals surface area (Å²) in [5, 5.41) is 0. The fourth-order valence-corrected chi connectivity index (χ4v) is 2.35. The third-order valence-electron chi connectivity index (χ3n) is 3.73. The number of hydrogen-bond acceptors (Lipinski definition) is 3. The van der Waals surface area contributed by atoms with Crippen LogP contribution in [-0.2, 0) is 0 Å². The Morgan fingerprint density at radius 1 is 1.30 bits per heavy atom. The summed E-state index contributed by atoms with van der Waals surface area (Å²) in [6.45, 7) is 5.09. The monoisotopic (exact) mass is 283 g/mol. The third kappa shape index (κ3) is 3.13. The van der Waals surface area contributed by atoms with Gasteiger partial charge in [-0.3, -0.25) is 9.69 Å². The smallest absolute Gasteiger partial charge is 0.256 e. The van der Waals surface area contributed by atoms with Crippen LogP contribution < -0.4 is 5.73 Å². The molecule has 0 spiro atoms. The number of benzene rings is 1. The van der Waals surface area contributed by atoms with Crippen LogP contribution in [0.1, 0.15) is 17.3 Å². The van der Waals surface area contributed by atoms with Gasteiger partial charge in [-0.15, -0.1) is 0 Å². The molecule has 0 bridgehead atoms. The van der Waals surface area contributed by atoms with Crippen LogP contribution in [0.4, 0.5) is 8.78 Å². The van der Waals surface area contributed by atoms with Gasteiger partial charge in [0.05, 0.1) is 5.56 Å². The molecule has 4 nitrogen and oxygen atoms in total. The van der Waals surface area contributed by atoms with Crippen molar-refractivity contribution in [3.05, 3.63) is 35.4 Å². The summed E-state index contributed by atoms with van der Waals surface area (Å²) in [6.07, 6.45) is 0. The predicted molar refractivity (Wildman–Crippen MR) is 72.4 cm³/mol.